The zero-order valence-corrected chi connectivity index (χ0v) is 15.6. The molecule has 20 heavy (non-hydrogen) atoms. The van der Waals surface area contributed by atoms with Gasteiger partial charge in [0.05, 0.1) is 0 Å². The smallest absolute Gasteiger partial charge is 0 e. The Morgan fingerprint density at radius 1 is 0.850 bits per heavy atom. The quantitative estimate of drug-likeness (QED) is 0.474. The number of benzene rings is 2. The number of halogens is 2. The van der Waals surface area contributed by atoms with E-state index in [1.807, 2.05) is 0 Å². The summed E-state index contributed by atoms with van der Waals surface area (Å²) >= 11 is 0. The molecule has 0 radical (unpaired) electrons. The molecule has 104 valence electrons. The number of rotatable bonds is 1. The van der Waals surface area contributed by atoms with Crippen molar-refractivity contribution < 1.29 is 26.2 Å². The van der Waals surface area contributed by atoms with Crippen LogP contribution in [0.25, 0.3) is 21.9 Å². The third-order valence-electron chi connectivity index (χ3n) is 3.29. The predicted octanol–water partition coefficient (Wildman–Crippen LogP) is 5.68. The van der Waals surface area contributed by atoms with Crippen LogP contribution in [-0.2, 0) is 26.2 Å². The van der Waals surface area contributed by atoms with E-state index in [1.54, 1.807) is 0 Å². The van der Waals surface area contributed by atoms with Gasteiger partial charge in [0.25, 0.3) is 0 Å². The zero-order chi connectivity index (χ0) is 11.8. The van der Waals surface area contributed by atoms with E-state index in [1.165, 1.54) is 33.0 Å². The van der Waals surface area contributed by atoms with Gasteiger partial charge in [-0.3, -0.25) is 0 Å². The maximum Gasteiger partial charge on any atom is 0 e. The van der Waals surface area contributed by atoms with Crippen molar-refractivity contribution >= 4 is 35.6 Å². The van der Waals surface area contributed by atoms with Crippen LogP contribution in [0.3, 0.4) is 0 Å². The summed E-state index contributed by atoms with van der Waals surface area (Å²) in [5.41, 5.74) is 5.34. The van der Waals surface area contributed by atoms with Gasteiger partial charge in [0.15, 0.2) is 0 Å². The molecule has 0 aromatic heterocycles. The summed E-state index contributed by atoms with van der Waals surface area (Å²) < 4.78 is 0. The molecular formula is C17H17Cl2Zr-. The predicted molar refractivity (Wildman–Crippen MR) is 88.9 cm³/mol. The molecular weight excluding hydrogens is 366 g/mol. The minimum Gasteiger partial charge on any atom is -0.147 e. The second-order valence-electron chi connectivity index (χ2n) is 4.66. The number of aryl methyl sites for hydroxylation is 2. The topological polar surface area (TPSA) is 0 Å². The van der Waals surface area contributed by atoms with Crippen LogP contribution in [0.5, 0.6) is 0 Å². The molecule has 0 amide bonds. The van der Waals surface area contributed by atoms with Crippen molar-refractivity contribution in [1.29, 1.82) is 0 Å². The molecule has 0 saturated heterocycles. The first-order chi connectivity index (χ1) is 8.25. The Morgan fingerprint density at radius 2 is 1.50 bits per heavy atom. The first-order valence-corrected chi connectivity index (χ1v) is 5.98. The van der Waals surface area contributed by atoms with E-state index in [0.29, 0.717) is 0 Å². The van der Waals surface area contributed by atoms with E-state index < -0.39 is 0 Å². The van der Waals surface area contributed by atoms with Crippen LogP contribution in [0.2, 0.25) is 0 Å². The average molecular weight is 383 g/mol. The minimum absolute atomic E-state index is 0. The van der Waals surface area contributed by atoms with Crippen LogP contribution in [0, 0.1) is 13.8 Å². The molecule has 3 aromatic rings. The second kappa shape index (κ2) is 8.08. The molecule has 0 bridgehead atoms. The first kappa shape index (κ1) is 19.5. The van der Waals surface area contributed by atoms with Crippen LogP contribution in [0.1, 0.15) is 11.1 Å². The SMILES string of the molecule is Cc1cc(C)c2c(cc[c-]2-c2ccccc2)c1.Cl.Cl.[Zr]. The summed E-state index contributed by atoms with van der Waals surface area (Å²) in [7, 11) is 0. The van der Waals surface area contributed by atoms with Crippen molar-refractivity contribution in [2.45, 2.75) is 13.8 Å². The van der Waals surface area contributed by atoms with Gasteiger partial charge in [-0.05, 0) is 6.92 Å². The van der Waals surface area contributed by atoms with Gasteiger partial charge in [0.1, 0.15) is 0 Å². The Kier molecular flexibility index (Phi) is 7.88. The number of hydrogen-bond donors (Lipinski definition) is 0. The van der Waals surface area contributed by atoms with Crippen LogP contribution >= 0.6 is 24.8 Å². The Bertz CT molecular complexity index is 672. The maximum absolute atomic E-state index is 2.26. The standard InChI is InChI=1S/C17H15.2ClH.Zr/c1-12-10-13(2)17-15(11-12)8-9-16(17)14-6-4-3-5-7-14;;;/h3-11H,1-2H3;2*1H;/q-1;;;. The van der Waals surface area contributed by atoms with Crippen molar-refractivity contribution in [3.63, 3.8) is 0 Å². The van der Waals surface area contributed by atoms with Crippen LogP contribution in [0.15, 0.2) is 54.6 Å². The fraction of sp³-hybridized carbons (Fsp3) is 0.118. The van der Waals surface area contributed by atoms with E-state index in [2.05, 4.69) is 68.4 Å². The Labute approximate surface area is 151 Å². The number of fused-ring (bicyclic) bond motifs is 1. The summed E-state index contributed by atoms with van der Waals surface area (Å²) in [6, 6.07) is 19.6. The number of hydrogen-bond acceptors (Lipinski definition) is 0. The van der Waals surface area contributed by atoms with Gasteiger partial charge in [-0.1, -0.05) is 64.7 Å². The third-order valence-corrected chi connectivity index (χ3v) is 3.29. The molecule has 0 aliphatic carbocycles. The van der Waals surface area contributed by atoms with Crippen molar-refractivity contribution in [3.05, 3.63) is 65.7 Å². The molecule has 0 atom stereocenters. The molecule has 0 nitrogen and oxygen atoms in total. The van der Waals surface area contributed by atoms with E-state index in [-0.39, 0.29) is 51.0 Å². The Morgan fingerprint density at radius 3 is 2.15 bits per heavy atom. The summed E-state index contributed by atoms with van der Waals surface area (Å²) in [5.74, 6) is 0. The summed E-state index contributed by atoms with van der Waals surface area (Å²) in [5, 5.41) is 2.74. The monoisotopic (exact) mass is 381 g/mol. The third kappa shape index (κ3) is 3.58. The van der Waals surface area contributed by atoms with Gasteiger partial charge in [0, 0.05) is 26.2 Å². The molecule has 0 fully saturated rings. The van der Waals surface area contributed by atoms with Crippen molar-refractivity contribution in [2.24, 2.45) is 0 Å². The maximum atomic E-state index is 2.26. The normalized spacial score (nSPS) is 9.30. The van der Waals surface area contributed by atoms with Crippen molar-refractivity contribution in [3.8, 4) is 11.1 Å². The molecule has 3 heteroatoms. The first-order valence-electron chi connectivity index (χ1n) is 5.98. The van der Waals surface area contributed by atoms with Gasteiger partial charge in [-0.15, -0.1) is 54.6 Å². The zero-order valence-electron chi connectivity index (χ0n) is 11.5. The minimum atomic E-state index is 0. The van der Waals surface area contributed by atoms with E-state index in [0.717, 1.165) is 0 Å². The van der Waals surface area contributed by atoms with Crippen LogP contribution in [0.4, 0.5) is 0 Å². The largest absolute Gasteiger partial charge is 0.147 e. The molecule has 3 aromatic carbocycles. The average Bonchev–Trinajstić information content (AvgIpc) is 2.74. The molecule has 0 heterocycles. The molecule has 0 saturated carbocycles. The summed E-state index contributed by atoms with van der Waals surface area (Å²) in [6.07, 6.45) is 0. The van der Waals surface area contributed by atoms with E-state index >= 15 is 0 Å². The van der Waals surface area contributed by atoms with E-state index in [4.69, 9.17) is 0 Å². The van der Waals surface area contributed by atoms with Crippen molar-refractivity contribution in [2.75, 3.05) is 0 Å². The molecule has 0 aliphatic rings. The van der Waals surface area contributed by atoms with Crippen LogP contribution < -0.4 is 0 Å². The van der Waals surface area contributed by atoms with Crippen molar-refractivity contribution in [1.82, 2.24) is 0 Å². The fourth-order valence-corrected chi connectivity index (χ4v) is 2.61. The van der Waals surface area contributed by atoms with Gasteiger partial charge in [0.2, 0.25) is 0 Å². The van der Waals surface area contributed by atoms with Gasteiger partial charge < -0.3 is 0 Å². The molecule has 0 N–H and O–H groups in total. The summed E-state index contributed by atoms with van der Waals surface area (Å²) in [6.45, 7) is 4.35. The molecule has 0 aliphatic heterocycles. The van der Waals surface area contributed by atoms with Gasteiger partial charge in [-0.2, -0.15) is 0 Å². The second-order valence-corrected chi connectivity index (χ2v) is 4.66. The summed E-state index contributed by atoms with van der Waals surface area (Å²) in [4.78, 5) is 0. The molecule has 0 unspecified atom stereocenters. The van der Waals surface area contributed by atoms with Gasteiger partial charge in [-0.25, -0.2) is 0 Å². The van der Waals surface area contributed by atoms with E-state index in [9.17, 15) is 0 Å². The molecule has 3 rings (SSSR count). The van der Waals surface area contributed by atoms with Gasteiger partial charge >= 0.3 is 0 Å². The van der Waals surface area contributed by atoms with Crippen LogP contribution in [-0.4, -0.2) is 0 Å². The molecule has 0 spiro atoms. The Hall–Kier alpha value is -0.487. The fourth-order valence-electron chi connectivity index (χ4n) is 2.61. The Balaban J connectivity index is 0.00000120.